The second-order valence-electron chi connectivity index (χ2n) is 5.71. The van der Waals surface area contributed by atoms with E-state index in [4.69, 9.17) is 4.74 Å². The Hall–Kier alpha value is -2.43. The van der Waals surface area contributed by atoms with Crippen molar-refractivity contribution in [3.63, 3.8) is 0 Å². The molecule has 0 N–H and O–H groups in total. The van der Waals surface area contributed by atoms with Crippen LogP contribution in [0.25, 0.3) is 0 Å². The zero-order chi connectivity index (χ0) is 16.6. The second-order valence-corrected chi connectivity index (χ2v) is 5.71. The number of ether oxygens (including phenoxy) is 1. The van der Waals surface area contributed by atoms with Crippen LogP contribution in [0.15, 0.2) is 42.5 Å². The van der Waals surface area contributed by atoms with Crippen LogP contribution in [-0.4, -0.2) is 11.9 Å². The number of carbonyl (C=O) groups is 1. The third-order valence-electron chi connectivity index (χ3n) is 4.05. The van der Waals surface area contributed by atoms with E-state index >= 15 is 0 Å². The molecule has 3 nitrogen and oxygen atoms in total. The molecule has 0 aliphatic carbocycles. The van der Waals surface area contributed by atoms with Crippen molar-refractivity contribution >= 4 is 11.6 Å². The molecule has 5 heteroatoms. The highest BCUT2D eigenvalue weighted by Gasteiger charge is 2.33. The van der Waals surface area contributed by atoms with E-state index in [1.807, 2.05) is 31.2 Å². The minimum Gasteiger partial charge on any atom is -0.485 e. The van der Waals surface area contributed by atoms with Crippen molar-refractivity contribution in [3.8, 4) is 5.75 Å². The first-order chi connectivity index (χ1) is 11.0. The minimum atomic E-state index is -0.940. The molecule has 0 unspecified atom stereocenters. The summed E-state index contributed by atoms with van der Waals surface area (Å²) in [5.74, 6) is -1.61. The van der Waals surface area contributed by atoms with Gasteiger partial charge in [0.25, 0.3) is 0 Å². The molecule has 0 saturated carbocycles. The fraction of sp³-hybridized carbons (Fsp3) is 0.278. The van der Waals surface area contributed by atoms with Crippen molar-refractivity contribution in [2.45, 2.75) is 32.4 Å². The van der Waals surface area contributed by atoms with Crippen LogP contribution in [0.1, 0.15) is 31.9 Å². The quantitative estimate of drug-likeness (QED) is 0.829. The number of anilines is 1. The molecule has 2 atom stereocenters. The molecule has 2 aromatic carbocycles. The van der Waals surface area contributed by atoms with E-state index in [1.165, 1.54) is 13.0 Å². The summed E-state index contributed by atoms with van der Waals surface area (Å²) < 4.78 is 32.3. The van der Waals surface area contributed by atoms with E-state index in [0.29, 0.717) is 6.42 Å². The van der Waals surface area contributed by atoms with Crippen LogP contribution in [0, 0.1) is 11.6 Å². The van der Waals surface area contributed by atoms with Gasteiger partial charge in [0.1, 0.15) is 11.9 Å². The van der Waals surface area contributed by atoms with Crippen LogP contribution in [0.4, 0.5) is 14.5 Å². The predicted molar refractivity (Wildman–Crippen MR) is 83.4 cm³/mol. The molecule has 3 rings (SSSR count). The Morgan fingerprint density at radius 2 is 1.91 bits per heavy atom. The van der Waals surface area contributed by atoms with Crippen molar-refractivity contribution in [2.24, 2.45) is 0 Å². The normalized spacial score (nSPS) is 20.1. The van der Waals surface area contributed by atoms with Crippen molar-refractivity contribution in [1.82, 2.24) is 0 Å². The molecule has 0 radical (unpaired) electrons. The fourth-order valence-corrected chi connectivity index (χ4v) is 3.06. The number of benzene rings is 2. The lowest BCUT2D eigenvalue weighted by Crippen LogP contribution is -2.42. The van der Waals surface area contributed by atoms with E-state index < -0.39 is 11.6 Å². The van der Waals surface area contributed by atoms with Crippen LogP contribution in [0.5, 0.6) is 5.75 Å². The van der Waals surface area contributed by atoms with Gasteiger partial charge in [0.2, 0.25) is 5.91 Å². The Kier molecular flexibility index (Phi) is 4.03. The van der Waals surface area contributed by atoms with E-state index in [-0.39, 0.29) is 23.8 Å². The van der Waals surface area contributed by atoms with Gasteiger partial charge in [-0.2, -0.15) is 0 Å². The summed E-state index contributed by atoms with van der Waals surface area (Å²) in [5.41, 5.74) is 1.66. The minimum absolute atomic E-state index is 0.0313. The monoisotopic (exact) mass is 317 g/mol. The number of fused-ring (bicyclic) bond motifs is 1. The number of hydrogen-bond donors (Lipinski definition) is 0. The average molecular weight is 317 g/mol. The number of rotatable bonds is 2. The van der Waals surface area contributed by atoms with Crippen LogP contribution >= 0.6 is 0 Å². The average Bonchev–Trinajstić information content (AvgIpc) is 2.50. The van der Waals surface area contributed by atoms with E-state index in [0.717, 1.165) is 23.4 Å². The van der Waals surface area contributed by atoms with Gasteiger partial charge in [-0.1, -0.05) is 18.2 Å². The lowest BCUT2D eigenvalue weighted by atomic mass is 9.93. The molecule has 0 spiro atoms. The Labute approximate surface area is 133 Å². The number of para-hydroxylation sites is 1. The zero-order valence-electron chi connectivity index (χ0n) is 12.9. The topological polar surface area (TPSA) is 29.5 Å². The molecule has 1 aliphatic heterocycles. The van der Waals surface area contributed by atoms with Crippen LogP contribution in [-0.2, 0) is 4.79 Å². The number of amides is 1. The van der Waals surface area contributed by atoms with Gasteiger partial charge < -0.3 is 9.64 Å². The summed E-state index contributed by atoms with van der Waals surface area (Å²) in [6, 6.07) is 10.9. The van der Waals surface area contributed by atoms with E-state index in [2.05, 4.69) is 0 Å². The summed E-state index contributed by atoms with van der Waals surface area (Å²) in [7, 11) is 0. The molecule has 1 amide bonds. The molecule has 120 valence electrons. The fourth-order valence-electron chi connectivity index (χ4n) is 3.06. The summed E-state index contributed by atoms with van der Waals surface area (Å²) in [4.78, 5) is 13.6. The maximum Gasteiger partial charge on any atom is 0.224 e. The van der Waals surface area contributed by atoms with Crippen LogP contribution < -0.4 is 9.64 Å². The SMILES string of the molecule is CC(=O)N1c2ccccc2[C@H](Oc2ccc(F)c(F)c2)C[C@@H]1C. The maximum atomic E-state index is 13.4. The highest BCUT2D eigenvalue weighted by Crippen LogP contribution is 2.39. The lowest BCUT2D eigenvalue weighted by Gasteiger charge is -2.38. The number of hydrogen-bond acceptors (Lipinski definition) is 2. The van der Waals surface area contributed by atoms with Gasteiger partial charge in [-0.25, -0.2) is 8.78 Å². The van der Waals surface area contributed by atoms with Gasteiger partial charge >= 0.3 is 0 Å². The Morgan fingerprint density at radius 1 is 1.17 bits per heavy atom. The molecule has 1 aliphatic rings. The first-order valence-electron chi connectivity index (χ1n) is 7.48. The first-order valence-corrected chi connectivity index (χ1v) is 7.48. The number of carbonyl (C=O) groups excluding carboxylic acids is 1. The Balaban J connectivity index is 1.95. The molecule has 23 heavy (non-hydrogen) atoms. The van der Waals surface area contributed by atoms with E-state index in [9.17, 15) is 13.6 Å². The van der Waals surface area contributed by atoms with Crippen molar-refractivity contribution in [1.29, 1.82) is 0 Å². The lowest BCUT2D eigenvalue weighted by molar-refractivity contribution is -0.117. The van der Waals surface area contributed by atoms with Gasteiger partial charge in [0.15, 0.2) is 11.6 Å². The summed E-state index contributed by atoms with van der Waals surface area (Å²) in [5, 5.41) is 0. The summed E-state index contributed by atoms with van der Waals surface area (Å²) >= 11 is 0. The second kappa shape index (κ2) is 5.99. The van der Waals surface area contributed by atoms with Crippen LogP contribution in [0.3, 0.4) is 0 Å². The maximum absolute atomic E-state index is 13.4. The number of nitrogens with zero attached hydrogens (tertiary/aromatic N) is 1. The third kappa shape index (κ3) is 2.91. The molecule has 2 aromatic rings. The largest absolute Gasteiger partial charge is 0.485 e. The highest BCUT2D eigenvalue weighted by atomic mass is 19.2. The third-order valence-corrected chi connectivity index (χ3v) is 4.05. The molecule has 1 heterocycles. The van der Waals surface area contributed by atoms with E-state index in [1.54, 1.807) is 4.90 Å². The van der Waals surface area contributed by atoms with Crippen molar-refractivity contribution in [2.75, 3.05) is 4.90 Å². The standard InChI is InChI=1S/C18H17F2NO2/c1-11-9-18(23-13-7-8-15(19)16(20)10-13)14-5-3-4-6-17(14)21(11)12(2)22/h3-8,10-11,18H,9H2,1-2H3/t11-,18+/m0/s1. The number of halogens is 2. The van der Waals surface area contributed by atoms with Gasteiger partial charge in [-0.15, -0.1) is 0 Å². The van der Waals surface area contributed by atoms with Gasteiger partial charge in [-0.05, 0) is 25.1 Å². The van der Waals surface area contributed by atoms with Gasteiger partial charge in [0, 0.05) is 31.0 Å². The molecular formula is C18H17F2NO2. The smallest absolute Gasteiger partial charge is 0.224 e. The molecule has 0 aromatic heterocycles. The first kappa shape index (κ1) is 15.5. The zero-order valence-corrected chi connectivity index (χ0v) is 12.9. The van der Waals surface area contributed by atoms with Gasteiger partial charge in [0.05, 0.1) is 5.69 Å². The van der Waals surface area contributed by atoms with Gasteiger partial charge in [-0.3, -0.25) is 4.79 Å². The Bertz CT molecular complexity index is 748. The van der Waals surface area contributed by atoms with Crippen molar-refractivity contribution < 1.29 is 18.3 Å². The predicted octanol–water partition coefficient (Wildman–Crippen LogP) is 4.23. The Morgan fingerprint density at radius 3 is 2.61 bits per heavy atom. The summed E-state index contributed by atoms with van der Waals surface area (Å²) in [6.45, 7) is 3.47. The van der Waals surface area contributed by atoms with Crippen LogP contribution in [0.2, 0.25) is 0 Å². The summed E-state index contributed by atoms with van der Waals surface area (Å²) in [6.07, 6.45) is 0.261. The molecule has 0 saturated heterocycles. The highest BCUT2D eigenvalue weighted by molar-refractivity contribution is 5.93. The molecular weight excluding hydrogens is 300 g/mol. The molecule has 0 bridgehead atoms. The molecule has 0 fully saturated rings. The van der Waals surface area contributed by atoms with Crippen molar-refractivity contribution in [3.05, 3.63) is 59.7 Å².